The molecule has 2 heterocycles. The first-order valence-corrected chi connectivity index (χ1v) is 7.13. The molecule has 1 saturated heterocycles. The van der Waals surface area contributed by atoms with Gasteiger partial charge in [0.05, 0.1) is 12.3 Å². The average Bonchev–Trinajstić information content (AvgIpc) is 3.14. The summed E-state index contributed by atoms with van der Waals surface area (Å²) < 4.78 is 7.81. The summed E-state index contributed by atoms with van der Waals surface area (Å²) in [4.78, 5) is 4.87. The highest BCUT2D eigenvalue weighted by molar-refractivity contribution is 5.42. The Balaban J connectivity index is 1.96. The molecule has 4 nitrogen and oxygen atoms in total. The molecule has 1 aromatic heterocycles. The molecule has 1 aliphatic carbocycles. The van der Waals surface area contributed by atoms with Crippen LogP contribution in [-0.2, 0) is 4.74 Å². The molecule has 1 atom stereocenters. The van der Waals surface area contributed by atoms with Crippen LogP contribution in [-0.4, -0.2) is 22.8 Å². The topological polar surface area (TPSA) is 53.1 Å². The van der Waals surface area contributed by atoms with Crippen LogP contribution in [0.1, 0.15) is 68.9 Å². The van der Waals surface area contributed by atoms with E-state index in [1.54, 1.807) is 0 Å². The Kier molecular flexibility index (Phi) is 3.06. The maximum atomic E-state index is 6.35. The summed E-state index contributed by atoms with van der Waals surface area (Å²) in [5.41, 5.74) is 7.43. The van der Waals surface area contributed by atoms with Crippen molar-refractivity contribution in [1.29, 1.82) is 0 Å². The van der Waals surface area contributed by atoms with Crippen LogP contribution in [0.4, 0.5) is 5.82 Å². The lowest BCUT2D eigenvalue weighted by Crippen LogP contribution is -2.17. The van der Waals surface area contributed by atoms with E-state index in [0.29, 0.717) is 17.9 Å². The van der Waals surface area contributed by atoms with Crippen LogP contribution in [0.3, 0.4) is 0 Å². The van der Waals surface area contributed by atoms with Gasteiger partial charge in [0, 0.05) is 24.5 Å². The molecule has 2 fully saturated rings. The lowest BCUT2D eigenvalue weighted by atomic mass is 9.98. The minimum Gasteiger partial charge on any atom is -0.384 e. The summed E-state index contributed by atoms with van der Waals surface area (Å²) in [6, 6.07) is 0.395. The number of nitrogens with zero attached hydrogens (tertiary/aromatic N) is 2. The van der Waals surface area contributed by atoms with E-state index in [2.05, 4.69) is 18.4 Å². The minimum atomic E-state index is 0.395. The van der Waals surface area contributed by atoms with E-state index < -0.39 is 0 Å². The van der Waals surface area contributed by atoms with Gasteiger partial charge in [0.1, 0.15) is 11.6 Å². The van der Waals surface area contributed by atoms with Crippen molar-refractivity contribution < 1.29 is 4.74 Å². The van der Waals surface area contributed by atoms with Crippen LogP contribution >= 0.6 is 0 Å². The Morgan fingerprint density at radius 1 is 1.28 bits per heavy atom. The van der Waals surface area contributed by atoms with E-state index in [0.717, 1.165) is 37.6 Å². The maximum Gasteiger partial charge on any atom is 0.127 e. The van der Waals surface area contributed by atoms with Gasteiger partial charge in [-0.3, -0.25) is 0 Å². The fourth-order valence-electron chi connectivity index (χ4n) is 2.91. The first-order chi connectivity index (χ1) is 8.68. The third-order valence-electron chi connectivity index (χ3n) is 4.01. The zero-order chi connectivity index (χ0) is 12.7. The van der Waals surface area contributed by atoms with Gasteiger partial charge in [0.25, 0.3) is 0 Å². The van der Waals surface area contributed by atoms with Gasteiger partial charge >= 0.3 is 0 Å². The Morgan fingerprint density at radius 3 is 2.61 bits per heavy atom. The Labute approximate surface area is 109 Å². The first-order valence-electron chi connectivity index (χ1n) is 7.13. The van der Waals surface area contributed by atoms with Gasteiger partial charge in [-0.2, -0.15) is 0 Å². The molecule has 0 spiro atoms. The number of ether oxygens (including phenoxy) is 1. The summed E-state index contributed by atoms with van der Waals surface area (Å²) in [5.74, 6) is 3.13. The van der Waals surface area contributed by atoms with Gasteiger partial charge in [0.2, 0.25) is 0 Å². The molecule has 1 saturated carbocycles. The molecule has 2 aliphatic rings. The second kappa shape index (κ2) is 4.57. The molecule has 0 aromatic carbocycles. The monoisotopic (exact) mass is 249 g/mol. The van der Waals surface area contributed by atoms with Crippen LogP contribution in [0, 0.1) is 0 Å². The lowest BCUT2D eigenvalue weighted by molar-refractivity contribution is 0.0795. The minimum absolute atomic E-state index is 0.395. The molecular formula is C14H23N3O. The second-order valence-electron chi connectivity index (χ2n) is 5.89. The van der Waals surface area contributed by atoms with Crippen molar-refractivity contribution >= 4 is 5.82 Å². The number of aromatic nitrogens is 2. The number of imidazole rings is 1. The molecule has 1 aromatic rings. The van der Waals surface area contributed by atoms with Gasteiger partial charge in [-0.1, -0.05) is 0 Å². The largest absolute Gasteiger partial charge is 0.384 e. The smallest absolute Gasteiger partial charge is 0.127 e. The maximum absolute atomic E-state index is 6.35. The summed E-state index contributed by atoms with van der Waals surface area (Å²) in [6.45, 7) is 6.04. The molecule has 18 heavy (non-hydrogen) atoms. The number of hydrogen-bond acceptors (Lipinski definition) is 3. The van der Waals surface area contributed by atoms with Gasteiger partial charge in [-0.25, -0.2) is 4.98 Å². The van der Waals surface area contributed by atoms with Crippen LogP contribution < -0.4 is 5.73 Å². The standard InChI is InChI=1S/C14H23N3O/c1-9(2)17-13(15)12(11-4-3-7-18-8-11)16-14(17)10-5-6-10/h9-11H,3-8,15H2,1-2H3. The Bertz CT molecular complexity index is 428. The van der Waals surface area contributed by atoms with Crippen LogP contribution in [0.15, 0.2) is 0 Å². The molecule has 4 heteroatoms. The van der Waals surface area contributed by atoms with E-state index in [-0.39, 0.29) is 0 Å². The molecule has 1 aliphatic heterocycles. The Hall–Kier alpha value is -1.03. The van der Waals surface area contributed by atoms with E-state index >= 15 is 0 Å². The SMILES string of the molecule is CC(C)n1c(C2CC2)nc(C2CCCOC2)c1N. The highest BCUT2D eigenvalue weighted by atomic mass is 16.5. The van der Waals surface area contributed by atoms with Crippen molar-refractivity contribution in [3.63, 3.8) is 0 Å². The molecule has 0 radical (unpaired) electrons. The first kappa shape index (κ1) is 12.0. The summed E-state index contributed by atoms with van der Waals surface area (Å²) in [5, 5.41) is 0. The zero-order valence-electron chi connectivity index (χ0n) is 11.4. The van der Waals surface area contributed by atoms with Gasteiger partial charge < -0.3 is 15.0 Å². The number of nitrogens with two attached hydrogens (primary N) is 1. The van der Waals surface area contributed by atoms with Crippen LogP contribution in [0.5, 0.6) is 0 Å². The average molecular weight is 249 g/mol. The molecular weight excluding hydrogens is 226 g/mol. The van der Waals surface area contributed by atoms with E-state index in [4.69, 9.17) is 15.5 Å². The van der Waals surface area contributed by atoms with Crippen molar-refractivity contribution in [3.05, 3.63) is 11.5 Å². The second-order valence-corrected chi connectivity index (χ2v) is 5.89. The quantitative estimate of drug-likeness (QED) is 0.896. The molecule has 0 bridgehead atoms. The van der Waals surface area contributed by atoms with Crippen molar-refractivity contribution in [2.75, 3.05) is 18.9 Å². The lowest BCUT2D eigenvalue weighted by Gasteiger charge is -2.21. The van der Waals surface area contributed by atoms with Crippen molar-refractivity contribution in [2.24, 2.45) is 0 Å². The third kappa shape index (κ3) is 2.03. The van der Waals surface area contributed by atoms with Crippen molar-refractivity contribution in [3.8, 4) is 0 Å². The highest BCUT2D eigenvalue weighted by Gasteiger charge is 2.33. The number of anilines is 1. The summed E-state index contributed by atoms with van der Waals surface area (Å²) >= 11 is 0. The molecule has 1 unspecified atom stereocenters. The normalized spacial score (nSPS) is 24.7. The van der Waals surface area contributed by atoms with Crippen LogP contribution in [0.2, 0.25) is 0 Å². The zero-order valence-corrected chi connectivity index (χ0v) is 11.4. The van der Waals surface area contributed by atoms with E-state index in [9.17, 15) is 0 Å². The van der Waals surface area contributed by atoms with E-state index in [1.165, 1.54) is 18.7 Å². The Morgan fingerprint density at radius 2 is 2.06 bits per heavy atom. The summed E-state index contributed by atoms with van der Waals surface area (Å²) in [6.07, 6.45) is 4.81. The van der Waals surface area contributed by atoms with Crippen LogP contribution in [0.25, 0.3) is 0 Å². The molecule has 0 amide bonds. The fourth-order valence-corrected chi connectivity index (χ4v) is 2.91. The van der Waals surface area contributed by atoms with Gasteiger partial charge in [-0.15, -0.1) is 0 Å². The number of nitrogen functional groups attached to an aromatic ring is 1. The third-order valence-corrected chi connectivity index (χ3v) is 4.01. The predicted molar refractivity (Wildman–Crippen MR) is 71.8 cm³/mol. The number of rotatable bonds is 3. The van der Waals surface area contributed by atoms with Crippen molar-refractivity contribution in [2.45, 2.75) is 57.4 Å². The number of hydrogen-bond donors (Lipinski definition) is 1. The van der Waals surface area contributed by atoms with Gasteiger partial charge in [-0.05, 0) is 39.5 Å². The predicted octanol–water partition coefficient (Wildman–Crippen LogP) is 2.82. The molecule has 2 N–H and O–H groups in total. The summed E-state index contributed by atoms with van der Waals surface area (Å²) in [7, 11) is 0. The molecule has 100 valence electrons. The molecule has 3 rings (SSSR count). The van der Waals surface area contributed by atoms with E-state index in [1.807, 2.05) is 0 Å². The highest BCUT2D eigenvalue weighted by Crippen LogP contribution is 2.43. The fraction of sp³-hybridized carbons (Fsp3) is 0.786. The van der Waals surface area contributed by atoms with Gasteiger partial charge in [0.15, 0.2) is 0 Å². The van der Waals surface area contributed by atoms with Crippen molar-refractivity contribution in [1.82, 2.24) is 9.55 Å².